The predicted octanol–water partition coefficient (Wildman–Crippen LogP) is 2.31. The number of amides is 1. The number of carbonyl (C=O) groups excluding carboxylic acids is 1. The fourth-order valence-corrected chi connectivity index (χ4v) is 2.14. The molecule has 0 saturated carbocycles. The van der Waals surface area contributed by atoms with E-state index in [-0.39, 0.29) is 0 Å². The SMILES string of the molecule is Cc1ccc(CN(C)c2ccc(N)cc2C(N)=O)cc1. The van der Waals surface area contributed by atoms with Crippen LogP contribution in [0.3, 0.4) is 0 Å². The topological polar surface area (TPSA) is 72.3 Å². The summed E-state index contributed by atoms with van der Waals surface area (Å²) in [6, 6.07) is 13.5. The molecular weight excluding hydrogens is 250 g/mol. The number of nitrogen functional groups attached to an aromatic ring is 1. The third-order valence-corrected chi connectivity index (χ3v) is 3.24. The lowest BCUT2D eigenvalue weighted by atomic mass is 10.1. The Kier molecular flexibility index (Phi) is 3.94. The highest BCUT2D eigenvalue weighted by Gasteiger charge is 2.12. The van der Waals surface area contributed by atoms with Gasteiger partial charge in [-0.15, -0.1) is 0 Å². The van der Waals surface area contributed by atoms with Crippen molar-refractivity contribution in [1.29, 1.82) is 0 Å². The van der Waals surface area contributed by atoms with Crippen LogP contribution >= 0.6 is 0 Å². The molecule has 104 valence electrons. The summed E-state index contributed by atoms with van der Waals surface area (Å²) in [7, 11) is 1.93. The Bertz CT molecular complexity index is 620. The van der Waals surface area contributed by atoms with Crippen molar-refractivity contribution in [3.05, 3.63) is 59.2 Å². The Morgan fingerprint density at radius 2 is 1.80 bits per heavy atom. The maximum Gasteiger partial charge on any atom is 0.250 e. The standard InChI is InChI=1S/C16H19N3O/c1-11-3-5-12(6-4-11)10-19(2)15-8-7-13(17)9-14(15)16(18)20/h3-9H,10,17H2,1-2H3,(H2,18,20). The van der Waals surface area contributed by atoms with E-state index in [0.717, 1.165) is 5.69 Å². The molecule has 0 aliphatic carbocycles. The average molecular weight is 269 g/mol. The lowest BCUT2D eigenvalue weighted by Crippen LogP contribution is -2.22. The summed E-state index contributed by atoms with van der Waals surface area (Å²) >= 11 is 0. The van der Waals surface area contributed by atoms with E-state index in [1.165, 1.54) is 11.1 Å². The van der Waals surface area contributed by atoms with Crippen LogP contribution in [0, 0.1) is 6.92 Å². The number of primary amides is 1. The van der Waals surface area contributed by atoms with Crippen LogP contribution in [-0.2, 0) is 6.54 Å². The summed E-state index contributed by atoms with van der Waals surface area (Å²) in [5.74, 6) is -0.469. The molecule has 0 saturated heterocycles. The molecule has 4 N–H and O–H groups in total. The second-order valence-electron chi connectivity index (χ2n) is 4.98. The molecule has 0 spiro atoms. The third-order valence-electron chi connectivity index (χ3n) is 3.24. The molecule has 0 heterocycles. The smallest absolute Gasteiger partial charge is 0.250 e. The van der Waals surface area contributed by atoms with Crippen LogP contribution in [0.1, 0.15) is 21.5 Å². The molecule has 2 aromatic carbocycles. The average Bonchev–Trinajstić information content (AvgIpc) is 2.41. The van der Waals surface area contributed by atoms with Crippen LogP contribution in [0.15, 0.2) is 42.5 Å². The summed E-state index contributed by atoms with van der Waals surface area (Å²) in [5.41, 5.74) is 15.3. The van der Waals surface area contributed by atoms with E-state index in [9.17, 15) is 4.79 Å². The molecule has 4 heteroatoms. The van der Waals surface area contributed by atoms with Gasteiger partial charge < -0.3 is 16.4 Å². The van der Waals surface area contributed by atoms with Crippen molar-refractivity contribution in [2.45, 2.75) is 13.5 Å². The van der Waals surface area contributed by atoms with Gasteiger partial charge in [0.1, 0.15) is 0 Å². The van der Waals surface area contributed by atoms with Gasteiger partial charge in [0.2, 0.25) is 0 Å². The first-order valence-corrected chi connectivity index (χ1v) is 6.43. The lowest BCUT2D eigenvalue weighted by Gasteiger charge is -2.22. The van der Waals surface area contributed by atoms with E-state index in [0.29, 0.717) is 17.8 Å². The Hall–Kier alpha value is -2.49. The first-order chi connectivity index (χ1) is 9.47. The van der Waals surface area contributed by atoms with Gasteiger partial charge in [0.15, 0.2) is 0 Å². The summed E-state index contributed by atoms with van der Waals surface area (Å²) < 4.78 is 0. The van der Waals surface area contributed by atoms with Crippen molar-refractivity contribution in [3.63, 3.8) is 0 Å². The second kappa shape index (κ2) is 5.65. The number of nitrogens with two attached hydrogens (primary N) is 2. The number of benzene rings is 2. The molecule has 20 heavy (non-hydrogen) atoms. The van der Waals surface area contributed by atoms with Crippen LogP contribution < -0.4 is 16.4 Å². The minimum absolute atomic E-state index is 0.444. The quantitative estimate of drug-likeness (QED) is 0.837. The molecule has 0 aromatic heterocycles. The lowest BCUT2D eigenvalue weighted by molar-refractivity contribution is 0.100. The summed E-state index contributed by atoms with van der Waals surface area (Å²) in [4.78, 5) is 13.5. The maximum atomic E-state index is 11.5. The van der Waals surface area contributed by atoms with Crippen molar-refractivity contribution in [2.24, 2.45) is 5.73 Å². The molecule has 0 unspecified atom stereocenters. The molecule has 2 aromatic rings. The monoisotopic (exact) mass is 269 g/mol. The van der Waals surface area contributed by atoms with Gasteiger partial charge in [-0.2, -0.15) is 0 Å². The number of aryl methyl sites for hydroxylation is 1. The molecule has 0 fully saturated rings. The summed E-state index contributed by atoms with van der Waals surface area (Å²) in [5, 5.41) is 0. The second-order valence-corrected chi connectivity index (χ2v) is 4.98. The Morgan fingerprint density at radius 3 is 2.40 bits per heavy atom. The third kappa shape index (κ3) is 3.09. The highest BCUT2D eigenvalue weighted by atomic mass is 16.1. The Balaban J connectivity index is 2.27. The van der Waals surface area contributed by atoms with E-state index < -0.39 is 5.91 Å². The Labute approximate surface area is 119 Å². The zero-order chi connectivity index (χ0) is 14.7. The van der Waals surface area contributed by atoms with Crippen LogP contribution in [0.2, 0.25) is 0 Å². The minimum atomic E-state index is -0.469. The van der Waals surface area contributed by atoms with Gasteiger partial charge >= 0.3 is 0 Å². The first kappa shape index (κ1) is 13.9. The van der Waals surface area contributed by atoms with Gasteiger partial charge in [0.25, 0.3) is 5.91 Å². The zero-order valence-corrected chi connectivity index (χ0v) is 11.8. The number of hydrogen-bond donors (Lipinski definition) is 2. The van der Waals surface area contributed by atoms with Gasteiger partial charge in [0.05, 0.1) is 5.56 Å². The van der Waals surface area contributed by atoms with Gasteiger partial charge in [-0.25, -0.2) is 0 Å². The van der Waals surface area contributed by atoms with Crippen molar-refractivity contribution in [2.75, 3.05) is 17.7 Å². The molecule has 0 aliphatic rings. The van der Waals surface area contributed by atoms with E-state index in [4.69, 9.17) is 11.5 Å². The normalized spacial score (nSPS) is 10.3. The predicted molar refractivity (Wildman–Crippen MR) is 82.7 cm³/mol. The summed E-state index contributed by atoms with van der Waals surface area (Å²) in [6.45, 7) is 2.75. The van der Waals surface area contributed by atoms with E-state index in [1.54, 1.807) is 12.1 Å². The fourth-order valence-electron chi connectivity index (χ4n) is 2.14. The molecule has 0 aliphatic heterocycles. The first-order valence-electron chi connectivity index (χ1n) is 6.43. The molecule has 0 atom stereocenters. The largest absolute Gasteiger partial charge is 0.399 e. The van der Waals surface area contributed by atoms with Crippen molar-refractivity contribution in [1.82, 2.24) is 0 Å². The number of hydrogen-bond acceptors (Lipinski definition) is 3. The van der Waals surface area contributed by atoms with Gasteiger partial charge in [0, 0.05) is 25.0 Å². The highest BCUT2D eigenvalue weighted by molar-refractivity contribution is 5.99. The number of rotatable bonds is 4. The van der Waals surface area contributed by atoms with E-state index in [1.807, 2.05) is 18.0 Å². The summed E-state index contributed by atoms with van der Waals surface area (Å²) in [6.07, 6.45) is 0. The van der Waals surface area contributed by atoms with Gasteiger partial charge in [-0.1, -0.05) is 29.8 Å². The van der Waals surface area contributed by atoms with Crippen molar-refractivity contribution >= 4 is 17.3 Å². The number of anilines is 2. The van der Waals surface area contributed by atoms with Crippen LogP contribution in [0.25, 0.3) is 0 Å². The molecule has 0 radical (unpaired) electrons. The van der Waals surface area contributed by atoms with Crippen molar-refractivity contribution in [3.8, 4) is 0 Å². The highest BCUT2D eigenvalue weighted by Crippen LogP contribution is 2.23. The minimum Gasteiger partial charge on any atom is -0.399 e. The van der Waals surface area contributed by atoms with Gasteiger partial charge in [-0.3, -0.25) is 4.79 Å². The zero-order valence-electron chi connectivity index (χ0n) is 11.8. The van der Waals surface area contributed by atoms with Crippen molar-refractivity contribution < 1.29 is 4.79 Å². The van der Waals surface area contributed by atoms with E-state index >= 15 is 0 Å². The molecule has 1 amide bonds. The molecular formula is C16H19N3O. The number of nitrogens with zero attached hydrogens (tertiary/aromatic N) is 1. The van der Waals surface area contributed by atoms with Crippen LogP contribution in [0.5, 0.6) is 0 Å². The van der Waals surface area contributed by atoms with Crippen LogP contribution in [0.4, 0.5) is 11.4 Å². The van der Waals surface area contributed by atoms with E-state index in [2.05, 4.69) is 31.2 Å². The molecule has 2 rings (SSSR count). The molecule has 0 bridgehead atoms. The molecule has 4 nitrogen and oxygen atoms in total. The number of carbonyl (C=O) groups is 1. The van der Waals surface area contributed by atoms with Gasteiger partial charge in [-0.05, 0) is 30.7 Å². The van der Waals surface area contributed by atoms with Crippen LogP contribution in [-0.4, -0.2) is 13.0 Å². The maximum absolute atomic E-state index is 11.5. The Morgan fingerprint density at radius 1 is 1.15 bits per heavy atom. The fraction of sp³-hybridized carbons (Fsp3) is 0.188.